The number of rotatable bonds is 2. The molecular formula is C12H10BrFN2O. The molecule has 2 rings (SSSR count). The third-order valence-corrected chi connectivity index (χ3v) is 3.71. The smallest absolute Gasteiger partial charge is 0.227 e. The molecular weight excluding hydrogens is 287 g/mol. The number of hydrogen-bond donors (Lipinski definition) is 0. The van der Waals surface area contributed by atoms with Crippen LogP contribution in [0.5, 0.6) is 0 Å². The molecule has 88 valence electrons. The Balaban J connectivity index is 2.37. The molecule has 1 heterocycles. The van der Waals surface area contributed by atoms with Gasteiger partial charge in [0.2, 0.25) is 5.91 Å². The number of hydrogen-bond acceptors (Lipinski definition) is 2. The molecule has 1 aliphatic rings. The lowest BCUT2D eigenvalue weighted by atomic mass is 10.1. The van der Waals surface area contributed by atoms with Gasteiger partial charge in [0.05, 0.1) is 11.3 Å². The van der Waals surface area contributed by atoms with E-state index >= 15 is 0 Å². The molecule has 0 aromatic heterocycles. The fourth-order valence-corrected chi connectivity index (χ4v) is 2.37. The number of carbonyl (C=O) groups excluding carboxylic acids is 1. The summed E-state index contributed by atoms with van der Waals surface area (Å²) >= 11 is 3.34. The lowest BCUT2D eigenvalue weighted by Gasteiger charge is -2.17. The van der Waals surface area contributed by atoms with Crippen molar-refractivity contribution in [1.29, 1.82) is 5.26 Å². The highest BCUT2D eigenvalue weighted by atomic mass is 79.9. The Hall–Kier alpha value is -1.41. The van der Waals surface area contributed by atoms with E-state index in [0.29, 0.717) is 24.2 Å². The SMILES string of the molecule is N#Cc1ccc(F)cc1N1CC(CBr)CC1=O. The molecule has 1 aliphatic heterocycles. The number of halogens is 2. The molecule has 0 spiro atoms. The number of nitrogens with zero attached hydrogens (tertiary/aromatic N) is 2. The summed E-state index contributed by atoms with van der Waals surface area (Å²) in [5, 5.41) is 9.69. The molecule has 1 aromatic carbocycles. The third kappa shape index (κ3) is 2.32. The molecule has 1 aromatic rings. The van der Waals surface area contributed by atoms with Gasteiger partial charge in [-0.1, -0.05) is 15.9 Å². The average Bonchev–Trinajstić information content (AvgIpc) is 2.70. The Labute approximate surface area is 107 Å². The Morgan fingerprint density at radius 3 is 2.94 bits per heavy atom. The minimum absolute atomic E-state index is 0.0587. The van der Waals surface area contributed by atoms with E-state index in [1.54, 1.807) is 0 Å². The molecule has 1 unspecified atom stereocenters. The van der Waals surface area contributed by atoms with Gasteiger partial charge in [-0.15, -0.1) is 0 Å². The second kappa shape index (κ2) is 4.84. The summed E-state index contributed by atoms with van der Waals surface area (Å²) in [6.07, 6.45) is 0.437. The maximum Gasteiger partial charge on any atom is 0.227 e. The first kappa shape index (κ1) is 12.1. The van der Waals surface area contributed by atoms with Crippen molar-refractivity contribution in [1.82, 2.24) is 0 Å². The molecule has 1 atom stereocenters. The molecule has 3 nitrogen and oxygen atoms in total. The second-order valence-electron chi connectivity index (χ2n) is 4.00. The highest BCUT2D eigenvalue weighted by molar-refractivity contribution is 9.09. The first-order valence-electron chi connectivity index (χ1n) is 5.21. The van der Waals surface area contributed by atoms with Gasteiger partial charge in [0, 0.05) is 18.3 Å². The molecule has 0 radical (unpaired) electrons. The monoisotopic (exact) mass is 296 g/mol. The summed E-state index contributed by atoms with van der Waals surface area (Å²) in [6.45, 7) is 0.530. The van der Waals surface area contributed by atoms with Crippen LogP contribution in [-0.4, -0.2) is 17.8 Å². The van der Waals surface area contributed by atoms with Gasteiger partial charge in [-0.25, -0.2) is 4.39 Å². The van der Waals surface area contributed by atoms with E-state index in [0.717, 1.165) is 5.33 Å². The molecule has 0 saturated carbocycles. The highest BCUT2D eigenvalue weighted by Gasteiger charge is 2.31. The Morgan fingerprint density at radius 2 is 2.35 bits per heavy atom. The summed E-state index contributed by atoms with van der Waals surface area (Å²) in [5.74, 6) is -0.275. The van der Waals surface area contributed by atoms with Crippen molar-refractivity contribution in [3.05, 3.63) is 29.6 Å². The van der Waals surface area contributed by atoms with Crippen LogP contribution in [0.4, 0.5) is 10.1 Å². The zero-order valence-electron chi connectivity index (χ0n) is 8.99. The number of anilines is 1. The molecule has 1 fully saturated rings. The number of benzene rings is 1. The molecule has 5 heteroatoms. The van der Waals surface area contributed by atoms with E-state index in [4.69, 9.17) is 5.26 Å². The topological polar surface area (TPSA) is 44.1 Å². The van der Waals surface area contributed by atoms with Crippen LogP contribution in [0, 0.1) is 23.1 Å². The van der Waals surface area contributed by atoms with Crippen LogP contribution in [-0.2, 0) is 4.79 Å². The predicted molar refractivity (Wildman–Crippen MR) is 65.4 cm³/mol. The standard InChI is InChI=1S/C12H10BrFN2O/c13-5-8-3-12(17)16(7-8)11-4-10(14)2-1-9(11)6-15/h1-2,4,8H,3,5,7H2. The van der Waals surface area contributed by atoms with E-state index in [-0.39, 0.29) is 11.8 Å². The van der Waals surface area contributed by atoms with Crippen LogP contribution in [0.1, 0.15) is 12.0 Å². The molecule has 1 amide bonds. The van der Waals surface area contributed by atoms with E-state index in [1.165, 1.54) is 23.1 Å². The summed E-state index contributed by atoms with van der Waals surface area (Å²) in [5.41, 5.74) is 0.705. The largest absolute Gasteiger partial charge is 0.311 e. The van der Waals surface area contributed by atoms with Crippen LogP contribution in [0.25, 0.3) is 0 Å². The van der Waals surface area contributed by atoms with Gasteiger partial charge in [-0.3, -0.25) is 4.79 Å². The maximum atomic E-state index is 13.2. The minimum atomic E-state index is -0.436. The van der Waals surface area contributed by atoms with E-state index in [1.807, 2.05) is 6.07 Å². The van der Waals surface area contributed by atoms with Crippen LogP contribution in [0.15, 0.2) is 18.2 Å². The third-order valence-electron chi connectivity index (χ3n) is 2.79. The van der Waals surface area contributed by atoms with Crippen molar-refractivity contribution >= 4 is 27.5 Å². The van der Waals surface area contributed by atoms with Gasteiger partial charge in [0.1, 0.15) is 11.9 Å². The van der Waals surface area contributed by atoms with Crippen LogP contribution >= 0.6 is 15.9 Å². The lowest BCUT2D eigenvalue weighted by molar-refractivity contribution is -0.117. The quantitative estimate of drug-likeness (QED) is 0.787. The fourth-order valence-electron chi connectivity index (χ4n) is 1.94. The first-order valence-corrected chi connectivity index (χ1v) is 6.34. The summed E-state index contributed by atoms with van der Waals surface area (Å²) in [6, 6.07) is 5.85. The lowest BCUT2D eigenvalue weighted by Crippen LogP contribution is -2.25. The summed E-state index contributed by atoms with van der Waals surface area (Å²) in [4.78, 5) is 13.3. The van der Waals surface area contributed by atoms with Crippen molar-refractivity contribution in [2.75, 3.05) is 16.8 Å². The number of nitriles is 1. The minimum Gasteiger partial charge on any atom is -0.311 e. The maximum absolute atomic E-state index is 13.2. The Morgan fingerprint density at radius 1 is 1.59 bits per heavy atom. The molecule has 1 saturated heterocycles. The summed E-state index contributed by atoms with van der Waals surface area (Å²) in [7, 11) is 0. The zero-order chi connectivity index (χ0) is 12.4. The normalized spacial score (nSPS) is 19.5. The van der Waals surface area contributed by atoms with Gasteiger partial charge in [-0.2, -0.15) is 5.26 Å². The van der Waals surface area contributed by atoms with Gasteiger partial charge in [0.25, 0.3) is 0 Å². The second-order valence-corrected chi connectivity index (χ2v) is 4.65. The zero-order valence-corrected chi connectivity index (χ0v) is 10.6. The van der Waals surface area contributed by atoms with Crippen molar-refractivity contribution in [3.8, 4) is 6.07 Å². The van der Waals surface area contributed by atoms with Crippen LogP contribution in [0.3, 0.4) is 0 Å². The molecule has 0 bridgehead atoms. The van der Waals surface area contributed by atoms with Gasteiger partial charge in [0.15, 0.2) is 0 Å². The summed E-state index contributed by atoms with van der Waals surface area (Å²) < 4.78 is 13.2. The first-order chi connectivity index (χ1) is 8.15. The number of alkyl halides is 1. The van der Waals surface area contributed by atoms with E-state index in [2.05, 4.69) is 15.9 Å². The van der Waals surface area contributed by atoms with Crippen molar-refractivity contribution in [2.45, 2.75) is 6.42 Å². The van der Waals surface area contributed by atoms with Crippen LogP contribution in [0.2, 0.25) is 0 Å². The van der Waals surface area contributed by atoms with Crippen molar-refractivity contribution < 1.29 is 9.18 Å². The van der Waals surface area contributed by atoms with Crippen LogP contribution < -0.4 is 4.90 Å². The predicted octanol–water partition coefficient (Wildman–Crippen LogP) is 2.45. The van der Waals surface area contributed by atoms with Gasteiger partial charge < -0.3 is 4.90 Å². The fraction of sp³-hybridized carbons (Fsp3) is 0.333. The van der Waals surface area contributed by atoms with E-state index in [9.17, 15) is 9.18 Å². The molecule has 17 heavy (non-hydrogen) atoms. The Bertz CT molecular complexity index is 498. The highest BCUT2D eigenvalue weighted by Crippen LogP contribution is 2.29. The van der Waals surface area contributed by atoms with Gasteiger partial charge in [-0.05, 0) is 24.1 Å². The van der Waals surface area contributed by atoms with Gasteiger partial charge >= 0.3 is 0 Å². The number of carbonyl (C=O) groups is 1. The van der Waals surface area contributed by atoms with Crippen molar-refractivity contribution in [2.24, 2.45) is 5.92 Å². The number of amides is 1. The van der Waals surface area contributed by atoms with E-state index < -0.39 is 5.82 Å². The molecule has 0 N–H and O–H groups in total. The Kier molecular flexibility index (Phi) is 3.43. The average molecular weight is 297 g/mol. The molecule has 0 aliphatic carbocycles. The van der Waals surface area contributed by atoms with Crippen molar-refractivity contribution in [3.63, 3.8) is 0 Å².